The first kappa shape index (κ1) is 15.7. The van der Waals surface area contributed by atoms with E-state index in [0.29, 0.717) is 0 Å². The summed E-state index contributed by atoms with van der Waals surface area (Å²) in [5.74, 6) is 1.71. The maximum absolute atomic E-state index is 5.66. The first-order valence-corrected chi connectivity index (χ1v) is 8.99. The third-order valence-corrected chi connectivity index (χ3v) is 4.99. The van der Waals surface area contributed by atoms with E-state index < -0.39 is 0 Å². The summed E-state index contributed by atoms with van der Waals surface area (Å²) in [6, 6.07) is 26.7. The first-order valence-electron chi connectivity index (χ1n) is 8.99. The van der Waals surface area contributed by atoms with Gasteiger partial charge in [0, 0.05) is 11.3 Å². The number of hydrogen-bond acceptors (Lipinski definition) is 3. The predicted molar refractivity (Wildman–Crippen MR) is 109 cm³/mol. The minimum Gasteiger partial charge on any atom is -0.496 e. The van der Waals surface area contributed by atoms with Crippen LogP contribution < -0.4 is 10.1 Å². The van der Waals surface area contributed by atoms with Crippen LogP contribution in [0.1, 0.15) is 17.2 Å². The summed E-state index contributed by atoms with van der Waals surface area (Å²) in [4.78, 5) is 4.83. The van der Waals surface area contributed by atoms with E-state index in [-0.39, 0.29) is 6.04 Å². The van der Waals surface area contributed by atoms with Gasteiger partial charge in [0.25, 0.3) is 0 Å². The van der Waals surface area contributed by atoms with E-state index in [1.54, 1.807) is 7.11 Å². The topological polar surface area (TPSA) is 39.1 Å². The molecule has 0 unspecified atom stereocenters. The second-order valence-electron chi connectivity index (χ2n) is 6.55. The second-order valence-corrected chi connectivity index (χ2v) is 6.55. The van der Waals surface area contributed by atoms with Crippen LogP contribution in [0, 0.1) is 0 Å². The van der Waals surface area contributed by atoms with Gasteiger partial charge in [-0.05, 0) is 29.8 Å². The van der Waals surface area contributed by atoms with Crippen molar-refractivity contribution in [2.45, 2.75) is 6.04 Å². The van der Waals surface area contributed by atoms with Crippen molar-refractivity contribution >= 4 is 22.7 Å². The molecule has 0 saturated carbocycles. The Morgan fingerprint density at radius 3 is 2.48 bits per heavy atom. The van der Waals surface area contributed by atoms with E-state index in [1.807, 2.05) is 48.5 Å². The number of nitrogens with zero attached hydrogens (tertiary/aromatic N) is 2. The Balaban J connectivity index is 1.76. The van der Waals surface area contributed by atoms with Crippen molar-refractivity contribution in [2.24, 2.45) is 0 Å². The van der Waals surface area contributed by atoms with Crippen molar-refractivity contribution in [1.29, 1.82) is 0 Å². The van der Waals surface area contributed by atoms with Crippen molar-refractivity contribution in [2.75, 3.05) is 12.4 Å². The lowest BCUT2D eigenvalue weighted by Crippen LogP contribution is -2.19. The Bertz CT molecular complexity index is 1140. The second kappa shape index (κ2) is 6.32. The van der Waals surface area contributed by atoms with Crippen LogP contribution in [-0.4, -0.2) is 16.7 Å². The molecule has 27 heavy (non-hydrogen) atoms. The quantitative estimate of drug-likeness (QED) is 0.557. The highest BCUT2D eigenvalue weighted by Gasteiger charge is 2.26. The van der Waals surface area contributed by atoms with Crippen LogP contribution in [0.25, 0.3) is 16.7 Å². The van der Waals surface area contributed by atoms with Crippen molar-refractivity contribution in [3.63, 3.8) is 0 Å². The highest BCUT2D eigenvalue weighted by atomic mass is 16.5. The number of aromatic nitrogens is 2. The molecule has 0 saturated heterocycles. The number of imidazole rings is 1. The normalized spacial score (nSPS) is 15.7. The number of fused-ring (bicyclic) bond motifs is 3. The summed E-state index contributed by atoms with van der Waals surface area (Å²) in [6.45, 7) is 0. The number of allylic oxidation sites excluding steroid dienone is 1. The van der Waals surface area contributed by atoms with Gasteiger partial charge in [0.15, 0.2) is 0 Å². The molecule has 2 heterocycles. The van der Waals surface area contributed by atoms with Gasteiger partial charge in [0.1, 0.15) is 5.75 Å². The molecular formula is C23H19N3O. The maximum Gasteiger partial charge on any atom is 0.209 e. The lowest BCUT2D eigenvalue weighted by atomic mass is 10.00. The van der Waals surface area contributed by atoms with Crippen LogP contribution in [0.15, 0.2) is 84.9 Å². The number of hydrogen-bond donors (Lipinski definition) is 1. The molecule has 1 atom stereocenters. The number of anilines is 1. The SMILES string of the molecule is COc1ccccc1[C@H]1C=C(c2ccccc2)Nc2nc3ccccc3n21. The summed E-state index contributed by atoms with van der Waals surface area (Å²) in [7, 11) is 1.72. The molecule has 1 N–H and O–H groups in total. The summed E-state index contributed by atoms with van der Waals surface area (Å²) in [6.07, 6.45) is 2.24. The van der Waals surface area contributed by atoms with Crippen LogP contribution in [0.4, 0.5) is 5.95 Å². The van der Waals surface area contributed by atoms with Gasteiger partial charge in [0.2, 0.25) is 5.95 Å². The van der Waals surface area contributed by atoms with Gasteiger partial charge in [-0.15, -0.1) is 0 Å². The molecule has 4 nitrogen and oxygen atoms in total. The van der Waals surface area contributed by atoms with Crippen molar-refractivity contribution in [1.82, 2.24) is 9.55 Å². The monoisotopic (exact) mass is 353 g/mol. The Labute approximate surface area is 157 Å². The summed E-state index contributed by atoms with van der Waals surface area (Å²) in [5, 5.41) is 3.51. The van der Waals surface area contributed by atoms with Crippen LogP contribution in [0.2, 0.25) is 0 Å². The van der Waals surface area contributed by atoms with Gasteiger partial charge in [-0.25, -0.2) is 4.98 Å². The number of rotatable bonds is 3. The van der Waals surface area contributed by atoms with Crippen LogP contribution >= 0.6 is 0 Å². The molecule has 5 rings (SSSR count). The smallest absolute Gasteiger partial charge is 0.209 e. The fraction of sp³-hybridized carbons (Fsp3) is 0.0870. The van der Waals surface area contributed by atoms with Gasteiger partial charge in [-0.3, -0.25) is 4.57 Å². The van der Waals surface area contributed by atoms with Gasteiger partial charge < -0.3 is 10.1 Å². The van der Waals surface area contributed by atoms with Gasteiger partial charge in [-0.2, -0.15) is 0 Å². The zero-order chi connectivity index (χ0) is 18.2. The summed E-state index contributed by atoms with van der Waals surface area (Å²) < 4.78 is 7.90. The highest BCUT2D eigenvalue weighted by Crippen LogP contribution is 2.39. The molecule has 4 heteroatoms. The number of para-hydroxylation sites is 3. The fourth-order valence-corrected chi connectivity index (χ4v) is 3.73. The fourth-order valence-electron chi connectivity index (χ4n) is 3.73. The molecule has 0 spiro atoms. The molecule has 1 aliphatic rings. The lowest BCUT2D eigenvalue weighted by Gasteiger charge is -2.27. The molecular weight excluding hydrogens is 334 g/mol. The molecule has 0 fully saturated rings. The minimum absolute atomic E-state index is 0.0139. The Kier molecular flexibility index (Phi) is 3.68. The van der Waals surface area contributed by atoms with E-state index in [4.69, 9.17) is 9.72 Å². The van der Waals surface area contributed by atoms with Crippen LogP contribution in [-0.2, 0) is 0 Å². The van der Waals surface area contributed by atoms with Gasteiger partial charge >= 0.3 is 0 Å². The standard InChI is InChI=1S/C23H19N3O/c1-27-22-14-8-5-11-17(22)21-15-19(16-9-3-2-4-10-16)25-23-24-18-12-6-7-13-20(18)26(21)23/h2-15,21H,1H3,(H,24,25)/t21-/m1/s1. The molecule has 0 amide bonds. The predicted octanol–water partition coefficient (Wildman–Crippen LogP) is 5.10. The van der Waals surface area contributed by atoms with Crippen LogP contribution in [0.3, 0.4) is 0 Å². The number of methoxy groups -OCH3 is 1. The molecule has 1 aromatic heterocycles. The number of benzene rings is 3. The first-order chi connectivity index (χ1) is 13.3. The zero-order valence-corrected chi connectivity index (χ0v) is 15.0. The summed E-state index contributed by atoms with van der Waals surface area (Å²) in [5.41, 5.74) is 5.37. The average molecular weight is 353 g/mol. The van der Waals surface area contributed by atoms with E-state index in [2.05, 4.69) is 46.3 Å². The molecule has 132 valence electrons. The van der Waals surface area contributed by atoms with E-state index in [1.165, 1.54) is 0 Å². The van der Waals surface area contributed by atoms with E-state index in [0.717, 1.165) is 39.6 Å². The molecule has 1 aliphatic heterocycles. The van der Waals surface area contributed by atoms with Crippen molar-refractivity contribution in [3.05, 3.63) is 96.1 Å². The number of ether oxygens (including phenoxy) is 1. The Morgan fingerprint density at radius 2 is 1.63 bits per heavy atom. The van der Waals surface area contributed by atoms with E-state index in [9.17, 15) is 0 Å². The molecule has 0 radical (unpaired) electrons. The Hall–Kier alpha value is -3.53. The van der Waals surface area contributed by atoms with Crippen molar-refractivity contribution in [3.8, 4) is 5.75 Å². The Morgan fingerprint density at radius 1 is 0.889 bits per heavy atom. The van der Waals surface area contributed by atoms with E-state index >= 15 is 0 Å². The van der Waals surface area contributed by atoms with Gasteiger partial charge in [-0.1, -0.05) is 60.7 Å². The highest BCUT2D eigenvalue weighted by molar-refractivity contribution is 5.85. The molecule has 0 aliphatic carbocycles. The largest absolute Gasteiger partial charge is 0.496 e. The molecule has 4 aromatic rings. The minimum atomic E-state index is -0.0139. The molecule has 0 bridgehead atoms. The average Bonchev–Trinajstić information content (AvgIpc) is 3.12. The number of nitrogens with one attached hydrogen (secondary N) is 1. The lowest BCUT2D eigenvalue weighted by molar-refractivity contribution is 0.406. The zero-order valence-electron chi connectivity index (χ0n) is 15.0. The third kappa shape index (κ3) is 2.57. The maximum atomic E-state index is 5.66. The molecule has 3 aromatic carbocycles. The van der Waals surface area contributed by atoms with Crippen molar-refractivity contribution < 1.29 is 4.74 Å². The summed E-state index contributed by atoms with van der Waals surface area (Å²) >= 11 is 0. The third-order valence-electron chi connectivity index (χ3n) is 4.99. The van der Waals surface area contributed by atoms with Crippen LogP contribution in [0.5, 0.6) is 5.75 Å². The van der Waals surface area contributed by atoms with Gasteiger partial charge in [0.05, 0.1) is 24.2 Å².